The Kier molecular flexibility index (Phi) is 6.21. The minimum absolute atomic E-state index is 0.197. The molecule has 0 aliphatic rings. The van der Waals surface area contributed by atoms with Crippen molar-refractivity contribution in [1.29, 1.82) is 0 Å². The van der Waals surface area contributed by atoms with E-state index in [0.717, 1.165) is 0 Å². The van der Waals surface area contributed by atoms with Gasteiger partial charge in [-0.25, -0.2) is 4.79 Å². The van der Waals surface area contributed by atoms with Gasteiger partial charge in [0.2, 0.25) is 0 Å². The van der Waals surface area contributed by atoms with Crippen LogP contribution in [0, 0.1) is 0 Å². The van der Waals surface area contributed by atoms with Crippen LogP contribution in [0.5, 0.6) is 0 Å². The van der Waals surface area contributed by atoms with Gasteiger partial charge in [-0.1, -0.05) is 6.07 Å². The van der Waals surface area contributed by atoms with Crippen LogP contribution in [0.4, 0.5) is 5.69 Å². The summed E-state index contributed by atoms with van der Waals surface area (Å²) in [6.07, 6.45) is 1.52. The normalized spacial score (nSPS) is 9.71. The second kappa shape index (κ2) is 8.59. The number of carbonyl (C=O) groups excluding carboxylic acids is 2. The Labute approximate surface area is 144 Å². The van der Waals surface area contributed by atoms with E-state index in [-0.39, 0.29) is 16.8 Å². The summed E-state index contributed by atoms with van der Waals surface area (Å²) in [5, 5.41) is 3.08. The number of hydrogen-bond acceptors (Lipinski definition) is 5. The fourth-order valence-corrected chi connectivity index (χ4v) is 1.91. The smallest absolute Gasteiger partial charge is 0.338 e. The molecule has 0 aliphatic heterocycles. The highest BCUT2D eigenvalue weighted by Gasteiger charge is 2.08. The second-order valence-electron chi connectivity index (χ2n) is 4.55. The van der Waals surface area contributed by atoms with E-state index in [0.29, 0.717) is 17.9 Å². The largest absolute Gasteiger partial charge is 0.462 e. The molecule has 0 bridgehead atoms. The molecule has 2 rings (SSSR count). The van der Waals surface area contributed by atoms with Crippen molar-refractivity contribution in [2.75, 3.05) is 11.9 Å². The SMILES string of the molecule is CCOC(=O)c1ccc(NC(=S)NNC(=O)c2ccccn2)cc1. The fourth-order valence-electron chi connectivity index (χ4n) is 1.74. The van der Waals surface area contributed by atoms with E-state index in [2.05, 4.69) is 21.2 Å². The minimum Gasteiger partial charge on any atom is -0.462 e. The number of hydrogen-bond donors (Lipinski definition) is 3. The number of carbonyl (C=O) groups is 2. The van der Waals surface area contributed by atoms with Crippen LogP contribution in [0.2, 0.25) is 0 Å². The van der Waals surface area contributed by atoms with Crippen LogP contribution in [0.3, 0.4) is 0 Å². The zero-order chi connectivity index (χ0) is 17.4. The Bertz CT molecular complexity index is 720. The molecule has 3 N–H and O–H groups in total. The highest BCUT2D eigenvalue weighted by molar-refractivity contribution is 7.80. The van der Waals surface area contributed by atoms with Gasteiger partial charge < -0.3 is 10.1 Å². The highest BCUT2D eigenvalue weighted by Crippen LogP contribution is 2.10. The summed E-state index contributed by atoms with van der Waals surface area (Å²) in [4.78, 5) is 27.3. The summed E-state index contributed by atoms with van der Waals surface area (Å²) < 4.78 is 4.90. The van der Waals surface area contributed by atoms with E-state index in [1.165, 1.54) is 6.20 Å². The molecule has 0 spiro atoms. The van der Waals surface area contributed by atoms with Crippen molar-refractivity contribution >= 4 is 34.9 Å². The van der Waals surface area contributed by atoms with Crippen LogP contribution in [0.15, 0.2) is 48.7 Å². The Morgan fingerprint density at radius 2 is 1.88 bits per heavy atom. The van der Waals surface area contributed by atoms with E-state index < -0.39 is 5.91 Å². The van der Waals surface area contributed by atoms with Gasteiger partial charge in [0.05, 0.1) is 12.2 Å². The Morgan fingerprint density at radius 1 is 1.12 bits per heavy atom. The van der Waals surface area contributed by atoms with Gasteiger partial charge in [0.15, 0.2) is 5.11 Å². The maximum atomic E-state index is 11.8. The first-order valence-corrected chi connectivity index (χ1v) is 7.56. The van der Waals surface area contributed by atoms with Crippen LogP contribution >= 0.6 is 12.2 Å². The summed E-state index contributed by atoms with van der Waals surface area (Å²) in [7, 11) is 0. The fraction of sp³-hybridized carbons (Fsp3) is 0.125. The number of anilines is 1. The van der Waals surface area contributed by atoms with E-state index >= 15 is 0 Å². The molecule has 0 fully saturated rings. The average Bonchev–Trinajstić information content (AvgIpc) is 2.61. The number of aromatic nitrogens is 1. The lowest BCUT2D eigenvalue weighted by atomic mass is 10.2. The summed E-state index contributed by atoms with van der Waals surface area (Å²) >= 11 is 5.08. The maximum absolute atomic E-state index is 11.8. The van der Waals surface area contributed by atoms with E-state index in [1.54, 1.807) is 49.4 Å². The number of rotatable bonds is 4. The van der Waals surface area contributed by atoms with Crippen LogP contribution in [-0.4, -0.2) is 28.6 Å². The Hall–Kier alpha value is -3.00. The lowest BCUT2D eigenvalue weighted by molar-refractivity contribution is 0.0526. The number of nitrogens with one attached hydrogen (secondary N) is 3. The molecule has 0 saturated heterocycles. The van der Waals surface area contributed by atoms with Crippen LogP contribution in [-0.2, 0) is 4.74 Å². The van der Waals surface area contributed by atoms with Crippen LogP contribution < -0.4 is 16.2 Å². The van der Waals surface area contributed by atoms with Crippen molar-refractivity contribution in [3.05, 3.63) is 59.9 Å². The number of ether oxygens (including phenoxy) is 1. The summed E-state index contributed by atoms with van der Waals surface area (Å²) in [5.41, 5.74) is 6.39. The molecule has 1 heterocycles. The maximum Gasteiger partial charge on any atom is 0.338 e. The van der Waals surface area contributed by atoms with Crippen LogP contribution in [0.25, 0.3) is 0 Å². The van der Waals surface area contributed by atoms with E-state index in [1.807, 2.05) is 0 Å². The molecule has 0 unspecified atom stereocenters. The first-order chi connectivity index (χ1) is 11.6. The predicted octanol–water partition coefficient (Wildman–Crippen LogP) is 1.89. The standard InChI is InChI=1S/C16H16N4O3S/c1-2-23-15(22)11-6-8-12(9-7-11)18-16(24)20-19-14(21)13-5-3-4-10-17-13/h3-10H,2H2,1H3,(H,19,21)(H2,18,20,24). The third-order valence-corrected chi connectivity index (χ3v) is 3.05. The summed E-state index contributed by atoms with van der Waals surface area (Å²) in [6.45, 7) is 2.07. The van der Waals surface area contributed by atoms with Gasteiger partial charge in [0.1, 0.15) is 5.69 Å². The second-order valence-corrected chi connectivity index (χ2v) is 4.95. The third-order valence-electron chi connectivity index (χ3n) is 2.84. The molecule has 124 valence electrons. The molecule has 2 aromatic rings. The highest BCUT2D eigenvalue weighted by atomic mass is 32.1. The molecule has 8 heteroatoms. The zero-order valence-corrected chi connectivity index (χ0v) is 13.7. The van der Waals surface area contributed by atoms with Gasteiger partial charge in [-0.05, 0) is 55.5 Å². The quantitative estimate of drug-likeness (QED) is 0.443. The topological polar surface area (TPSA) is 92.4 Å². The van der Waals surface area contributed by atoms with Crippen molar-refractivity contribution in [2.45, 2.75) is 6.92 Å². The molecule has 7 nitrogen and oxygen atoms in total. The molecule has 0 radical (unpaired) electrons. The molecular formula is C16H16N4O3S. The minimum atomic E-state index is -0.405. The molecule has 1 aromatic heterocycles. The number of esters is 1. The molecule has 0 aliphatic carbocycles. The van der Waals surface area contributed by atoms with Crippen molar-refractivity contribution < 1.29 is 14.3 Å². The van der Waals surface area contributed by atoms with Gasteiger partial charge in [0.25, 0.3) is 5.91 Å². The number of pyridine rings is 1. The van der Waals surface area contributed by atoms with Crippen molar-refractivity contribution in [3.63, 3.8) is 0 Å². The average molecular weight is 344 g/mol. The predicted molar refractivity (Wildman–Crippen MR) is 93.5 cm³/mol. The number of thiocarbonyl (C=S) groups is 1. The van der Waals surface area contributed by atoms with Gasteiger partial charge in [-0.3, -0.25) is 20.6 Å². The van der Waals surface area contributed by atoms with E-state index in [9.17, 15) is 9.59 Å². The first kappa shape index (κ1) is 17.4. The molecule has 0 atom stereocenters. The molecule has 0 saturated carbocycles. The Balaban J connectivity index is 1.84. The van der Waals surface area contributed by atoms with Gasteiger partial charge in [-0.15, -0.1) is 0 Å². The monoisotopic (exact) mass is 344 g/mol. The molecule has 24 heavy (non-hydrogen) atoms. The number of nitrogens with zero attached hydrogens (tertiary/aromatic N) is 1. The molecular weight excluding hydrogens is 328 g/mol. The third kappa shape index (κ3) is 5.03. The van der Waals surface area contributed by atoms with Gasteiger partial charge >= 0.3 is 5.97 Å². The lowest BCUT2D eigenvalue weighted by Crippen LogP contribution is -2.44. The first-order valence-electron chi connectivity index (χ1n) is 7.15. The van der Waals surface area contributed by atoms with Crippen molar-refractivity contribution in [1.82, 2.24) is 15.8 Å². The molecule has 1 amide bonds. The Morgan fingerprint density at radius 3 is 2.50 bits per heavy atom. The molecule has 1 aromatic carbocycles. The number of hydrazine groups is 1. The summed E-state index contributed by atoms with van der Waals surface area (Å²) in [6, 6.07) is 11.6. The van der Waals surface area contributed by atoms with Crippen molar-refractivity contribution in [3.8, 4) is 0 Å². The van der Waals surface area contributed by atoms with Gasteiger partial charge in [0, 0.05) is 11.9 Å². The summed E-state index contributed by atoms with van der Waals surface area (Å²) in [5.74, 6) is -0.787. The number of amides is 1. The van der Waals surface area contributed by atoms with E-state index in [4.69, 9.17) is 17.0 Å². The number of benzene rings is 1. The van der Waals surface area contributed by atoms with Crippen molar-refractivity contribution in [2.24, 2.45) is 0 Å². The van der Waals surface area contributed by atoms with Crippen LogP contribution in [0.1, 0.15) is 27.8 Å². The zero-order valence-electron chi connectivity index (χ0n) is 12.9. The lowest BCUT2D eigenvalue weighted by Gasteiger charge is -2.11. The van der Waals surface area contributed by atoms with Gasteiger partial charge in [-0.2, -0.15) is 0 Å².